The molecule has 0 bridgehead atoms. The minimum atomic E-state index is 0.0147. The lowest BCUT2D eigenvalue weighted by atomic mass is 9.94. The molecule has 2 aliphatic heterocycles. The van der Waals surface area contributed by atoms with Gasteiger partial charge in [-0.2, -0.15) is 0 Å². The second-order valence-electron chi connectivity index (χ2n) is 6.17. The van der Waals surface area contributed by atoms with E-state index in [0.29, 0.717) is 0 Å². The van der Waals surface area contributed by atoms with Crippen molar-refractivity contribution in [1.82, 2.24) is 9.88 Å². The molecule has 0 unspecified atom stereocenters. The Bertz CT molecular complexity index is 957. The number of benzene rings is 2. The second kappa shape index (κ2) is 4.38. The molecule has 1 atom stereocenters. The summed E-state index contributed by atoms with van der Waals surface area (Å²) < 4.78 is 5.36. The van der Waals surface area contributed by atoms with Gasteiger partial charge in [0.15, 0.2) is 0 Å². The molecule has 114 valence electrons. The van der Waals surface area contributed by atoms with Crippen molar-refractivity contribution in [2.45, 2.75) is 12.5 Å². The van der Waals surface area contributed by atoms with Gasteiger partial charge in [0, 0.05) is 28.7 Å². The highest BCUT2D eigenvalue weighted by Gasteiger charge is 2.41. The fourth-order valence-electron chi connectivity index (χ4n) is 4.02. The van der Waals surface area contributed by atoms with Gasteiger partial charge in [-0.05, 0) is 41.8 Å². The van der Waals surface area contributed by atoms with Crippen molar-refractivity contribution < 1.29 is 9.53 Å². The Labute approximate surface area is 133 Å². The summed E-state index contributed by atoms with van der Waals surface area (Å²) in [5, 5.41) is 1.20. The summed E-state index contributed by atoms with van der Waals surface area (Å²) in [4.78, 5) is 18.2. The molecule has 3 aromatic rings. The zero-order valence-electron chi connectivity index (χ0n) is 12.8. The third kappa shape index (κ3) is 1.58. The van der Waals surface area contributed by atoms with Gasteiger partial charge >= 0.3 is 0 Å². The summed E-state index contributed by atoms with van der Waals surface area (Å²) in [6.07, 6.45) is 0.874. The smallest absolute Gasteiger partial charge is 0.255 e. The molecule has 0 radical (unpaired) electrons. The van der Waals surface area contributed by atoms with Crippen LogP contribution in [-0.2, 0) is 6.42 Å². The summed E-state index contributed by atoms with van der Waals surface area (Å²) in [6, 6.07) is 14.1. The topological polar surface area (TPSA) is 45.3 Å². The summed E-state index contributed by atoms with van der Waals surface area (Å²) in [5.41, 5.74) is 5.51. The van der Waals surface area contributed by atoms with E-state index in [0.717, 1.165) is 41.1 Å². The van der Waals surface area contributed by atoms with E-state index in [1.165, 1.54) is 10.9 Å². The Balaban J connectivity index is 1.76. The summed E-state index contributed by atoms with van der Waals surface area (Å²) in [7, 11) is 1.69. The van der Waals surface area contributed by atoms with Crippen LogP contribution in [0.25, 0.3) is 10.9 Å². The molecule has 1 aromatic heterocycles. The van der Waals surface area contributed by atoms with Crippen LogP contribution in [0.4, 0.5) is 0 Å². The number of carbonyl (C=O) groups excluding carboxylic acids is 1. The minimum Gasteiger partial charge on any atom is -0.497 e. The predicted octanol–water partition coefficient (Wildman–Crippen LogP) is 3.28. The van der Waals surface area contributed by atoms with Gasteiger partial charge in [-0.25, -0.2) is 0 Å². The predicted molar refractivity (Wildman–Crippen MR) is 87.9 cm³/mol. The van der Waals surface area contributed by atoms with Crippen molar-refractivity contribution in [3.05, 3.63) is 64.8 Å². The van der Waals surface area contributed by atoms with Crippen LogP contribution in [0.2, 0.25) is 0 Å². The van der Waals surface area contributed by atoms with Crippen LogP contribution >= 0.6 is 0 Å². The Morgan fingerprint density at radius 2 is 2.09 bits per heavy atom. The quantitative estimate of drug-likeness (QED) is 0.750. The van der Waals surface area contributed by atoms with Crippen LogP contribution in [0.5, 0.6) is 5.75 Å². The van der Waals surface area contributed by atoms with Crippen molar-refractivity contribution in [2.75, 3.05) is 13.7 Å². The molecule has 1 amide bonds. The zero-order valence-corrected chi connectivity index (χ0v) is 12.8. The van der Waals surface area contributed by atoms with Crippen molar-refractivity contribution in [3.8, 4) is 5.75 Å². The fraction of sp³-hybridized carbons (Fsp3) is 0.211. The Hall–Kier alpha value is -2.75. The largest absolute Gasteiger partial charge is 0.497 e. The maximum Gasteiger partial charge on any atom is 0.255 e. The number of hydrogen-bond donors (Lipinski definition) is 1. The van der Waals surface area contributed by atoms with Gasteiger partial charge in [-0.3, -0.25) is 4.79 Å². The van der Waals surface area contributed by atoms with E-state index in [9.17, 15) is 4.79 Å². The summed E-state index contributed by atoms with van der Waals surface area (Å²) >= 11 is 0. The van der Waals surface area contributed by atoms with Gasteiger partial charge in [0.25, 0.3) is 5.91 Å². The highest BCUT2D eigenvalue weighted by Crippen LogP contribution is 2.44. The molecule has 5 rings (SSSR count). The van der Waals surface area contributed by atoms with Crippen molar-refractivity contribution >= 4 is 16.8 Å². The molecular weight excluding hydrogens is 288 g/mol. The lowest BCUT2D eigenvalue weighted by Crippen LogP contribution is -2.34. The lowest BCUT2D eigenvalue weighted by molar-refractivity contribution is 0.0738. The van der Waals surface area contributed by atoms with Crippen molar-refractivity contribution in [3.63, 3.8) is 0 Å². The fourth-order valence-corrected chi connectivity index (χ4v) is 4.02. The second-order valence-corrected chi connectivity index (χ2v) is 6.17. The molecule has 4 nitrogen and oxygen atoms in total. The van der Waals surface area contributed by atoms with Crippen LogP contribution in [0.1, 0.15) is 33.2 Å². The van der Waals surface area contributed by atoms with E-state index < -0.39 is 0 Å². The van der Waals surface area contributed by atoms with Gasteiger partial charge in [0.2, 0.25) is 0 Å². The minimum absolute atomic E-state index is 0.0147. The first-order valence-electron chi connectivity index (χ1n) is 7.86. The standard InChI is InChI=1S/C19H16N2O2/c1-23-11-6-7-16-15(10-11)12-8-9-21-18(17(12)20-16)13-4-2-3-5-14(13)19(21)22/h2-7,10,18,20H,8-9H2,1H3/t18-/m1/s1. The summed E-state index contributed by atoms with van der Waals surface area (Å²) in [5.74, 6) is 1.01. The number of aromatic nitrogens is 1. The summed E-state index contributed by atoms with van der Waals surface area (Å²) in [6.45, 7) is 0.759. The van der Waals surface area contributed by atoms with E-state index in [1.54, 1.807) is 7.11 Å². The maximum atomic E-state index is 12.6. The molecule has 0 fully saturated rings. The van der Waals surface area contributed by atoms with Crippen LogP contribution in [0.3, 0.4) is 0 Å². The molecule has 0 aliphatic carbocycles. The molecule has 4 heteroatoms. The highest BCUT2D eigenvalue weighted by molar-refractivity contribution is 6.00. The molecular formula is C19H16N2O2. The number of nitrogens with one attached hydrogen (secondary N) is 1. The van der Waals surface area contributed by atoms with Crippen LogP contribution in [0.15, 0.2) is 42.5 Å². The van der Waals surface area contributed by atoms with Crippen LogP contribution < -0.4 is 4.74 Å². The molecule has 23 heavy (non-hydrogen) atoms. The number of H-pyrrole nitrogens is 1. The van der Waals surface area contributed by atoms with Crippen molar-refractivity contribution in [1.29, 1.82) is 0 Å². The van der Waals surface area contributed by atoms with E-state index in [1.807, 2.05) is 29.2 Å². The number of ether oxygens (including phenoxy) is 1. The first-order valence-corrected chi connectivity index (χ1v) is 7.86. The molecule has 2 aliphatic rings. The van der Waals surface area contributed by atoms with Gasteiger partial charge in [-0.1, -0.05) is 18.2 Å². The first kappa shape index (κ1) is 12.8. The Morgan fingerprint density at radius 1 is 1.22 bits per heavy atom. The van der Waals surface area contributed by atoms with E-state index in [2.05, 4.69) is 23.2 Å². The Morgan fingerprint density at radius 3 is 2.96 bits per heavy atom. The van der Waals surface area contributed by atoms with E-state index in [4.69, 9.17) is 4.74 Å². The molecule has 3 heterocycles. The van der Waals surface area contributed by atoms with Crippen molar-refractivity contribution in [2.24, 2.45) is 0 Å². The third-order valence-corrected chi connectivity index (χ3v) is 5.08. The highest BCUT2D eigenvalue weighted by atomic mass is 16.5. The van der Waals surface area contributed by atoms with Gasteiger partial charge in [0.05, 0.1) is 13.2 Å². The van der Waals surface area contributed by atoms with E-state index in [-0.39, 0.29) is 11.9 Å². The number of methoxy groups -OCH3 is 1. The van der Waals surface area contributed by atoms with Gasteiger partial charge in [0.1, 0.15) is 5.75 Å². The molecule has 2 aromatic carbocycles. The molecule has 0 saturated heterocycles. The normalized spacial score (nSPS) is 18.7. The molecule has 0 saturated carbocycles. The Kier molecular flexibility index (Phi) is 2.43. The zero-order chi connectivity index (χ0) is 15.6. The van der Waals surface area contributed by atoms with Gasteiger partial charge in [-0.15, -0.1) is 0 Å². The van der Waals surface area contributed by atoms with Crippen LogP contribution in [0, 0.1) is 0 Å². The average molecular weight is 304 g/mol. The molecule has 1 N–H and O–H groups in total. The van der Waals surface area contributed by atoms with Crippen LogP contribution in [-0.4, -0.2) is 29.4 Å². The maximum absolute atomic E-state index is 12.6. The van der Waals surface area contributed by atoms with E-state index >= 15 is 0 Å². The molecule has 0 spiro atoms. The number of fused-ring (bicyclic) bond motifs is 7. The number of carbonyl (C=O) groups is 1. The number of aromatic amines is 1. The number of hydrogen-bond acceptors (Lipinski definition) is 2. The SMILES string of the molecule is COc1ccc2[nH]c3c(c2c1)CCN1C(=O)c2ccccc2[C@H]31. The first-order chi connectivity index (χ1) is 11.3. The monoisotopic (exact) mass is 304 g/mol. The lowest BCUT2D eigenvalue weighted by Gasteiger charge is -2.30. The number of rotatable bonds is 1. The average Bonchev–Trinajstić information content (AvgIpc) is 3.10. The van der Waals surface area contributed by atoms with Gasteiger partial charge < -0.3 is 14.6 Å². The number of nitrogens with zero attached hydrogens (tertiary/aromatic N) is 1. The number of amides is 1. The third-order valence-electron chi connectivity index (χ3n) is 5.08.